The zero-order valence-corrected chi connectivity index (χ0v) is 12.4. The predicted octanol–water partition coefficient (Wildman–Crippen LogP) is 3.84. The van der Waals surface area contributed by atoms with Gasteiger partial charge in [0.25, 0.3) is 0 Å². The van der Waals surface area contributed by atoms with Gasteiger partial charge >= 0.3 is 0 Å². The lowest BCUT2D eigenvalue weighted by atomic mass is 9.83. The second kappa shape index (κ2) is 5.94. The van der Waals surface area contributed by atoms with Crippen molar-refractivity contribution in [3.63, 3.8) is 0 Å². The maximum atomic E-state index is 5.52. The minimum absolute atomic E-state index is 0.421. The van der Waals surface area contributed by atoms with Gasteiger partial charge in [0.1, 0.15) is 0 Å². The first-order valence-corrected chi connectivity index (χ1v) is 7.54. The zero-order valence-electron chi connectivity index (χ0n) is 12.4. The first kappa shape index (κ1) is 13.6. The molecule has 0 amide bonds. The van der Waals surface area contributed by atoms with Crippen LogP contribution in [0.1, 0.15) is 30.0 Å². The Bertz CT molecular complexity index is 587. The van der Waals surface area contributed by atoms with Crippen LogP contribution >= 0.6 is 0 Å². The van der Waals surface area contributed by atoms with Crippen LogP contribution in [-0.2, 0) is 4.74 Å². The SMILES string of the molecule is CNC(c1c(C)ccc2ccccc12)C1CCOCC1. The normalized spacial score (nSPS) is 18.3. The molecule has 2 aromatic carbocycles. The van der Waals surface area contributed by atoms with Crippen LogP contribution < -0.4 is 5.32 Å². The fourth-order valence-corrected chi connectivity index (χ4v) is 3.48. The van der Waals surface area contributed by atoms with E-state index in [2.05, 4.69) is 55.7 Å². The molecule has 1 atom stereocenters. The van der Waals surface area contributed by atoms with Gasteiger partial charge in [0.15, 0.2) is 0 Å². The molecule has 1 aliphatic heterocycles. The van der Waals surface area contributed by atoms with E-state index in [0.29, 0.717) is 12.0 Å². The van der Waals surface area contributed by atoms with Gasteiger partial charge in [-0.15, -0.1) is 0 Å². The average Bonchev–Trinajstić information content (AvgIpc) is 2.51. The van der Waals surface area contributed by atoms with Crippen LogP contribution in [0, 0.1) is 12.8 Å². The van der Waals surface area contributed by atoms with Crippen molar-refractivity contribution in [3.05, 3.63) is 47.5 Å². The fourth-order valence-electron chi connectivity index (χ4n) is 3.48. The summed E-state index contributed by atoms with van der Waals surface area (Å²) in [5.41, 5.74) is 2.85. The lowest BCUT2D eigenvalue weighted by Gasteiger charge is -2.32. The summed E-state index contributed by atoms with van der Waals surface area (Å²) in [5, 5.41) is 6.29. The molecule has 1 fully saturated rings. The second-order valence-corrected chi connectivity index (χ2v) is 5.73. The summed E-state index contributed by atoms with van der Waals surface area (Å²) >= 11 is 0. The number of aryl methyl sites for hydroxylation is 1. The van der Waals surface area contributed by atoms with Crippen LogP contribution in [0.5, 0.6) is 0 Å². The van der Waals surface area contributed by atoms with Crippen molar-refractivity contribution in [1.29, 1.82) is 0 Å². The molecule has 2 nitrogen and oxygen atoms in total. The Morgan fingerprint density at radius 3 is 2.60 bits per heavy atom. The molecule has 2 heteroatoms. The van der Waals surface area contributed by atoms with E-state index in [1.165, 1.54) is 21.9 Å². The third-order valence-electron chi connectivity index (χ3n) is 4.55. The summed E-state index contributed by atoms with van der Waals surface area (Å²) in [6.45, 7) is 4.02. The third-order valence-corrected chi connectivity index (χ3v) is 4.55. The van der Waals surface area contributed by atoms with E-state index < -0.39 is 0 Å². The minimum Gasteiger partial charge on any atom is -0.381 e. The standard InChI is InChI=1S/C18H23NO/c1-13-7-8-14-5-3-4-6-16(14)17(13)18(19-2)15-9-11-20-12-10-15/h3-8,15,18-19H,9-12H2,1-2H3. The van der Waals surface area contributed by atoms with Crippen molar-refractivity contribution >= 4 is 10.8 Å². The van der Waals surface area contributed by atoms with Crippen molar-refractivity contribution in [2.24, 2.45) is 5.92 Å². The number of rotatable bonds is 3. The van der Waals surface area contributed by atoms with E-state index in [1.54, 1.807) is 0 Å². The van der Waals surface area contributed by atoms with E-state index >= 15 is 0 Å². The van der Waals surface area contributed by atoms with Crippen molar-refractivity contribution in [2.45, 2.75) is 25.8 Å². The average molecular weight is 269 g/mol. The summed E-state index contributed by atoms with van der Waals surface area (Å²) in [4.78, 5) is 0. The molecule has 2 aromatic rings. The molecule has 20 heavy (non-hydrogen) atoms. The maximum absolute atomic E-state index is 5.52. The van der Waals surface area contributed by atoms with Crippen LogP contribution in [0.4, 0.5) is 0 Å². The van der Waals surface area contributed by atoms with Crippen molar-refractivity contribution in [2.75, 3.05) is 20.3 Å². The Kier molecular flexibility index (Phi) is 4.04. The highest BCUT2D eigenvalue weighted by molar-refractivity contribution is 5.87. The summed E-state index contributed by atoms with van der Waals surface area (Å²) in [6, 6.07) is 13.6. The summed E-state index contributed by atoms with van der Waals surface area (Å²) < 4.78 is 5.52. The van der Waals surface area contributed by atoms with E-state index in [-0.39, 0.29) is 0 Å². The number of hydrogen-bond donors (Lipinski definition) is 1. The molecule has 0 spiro atoms. The molecule has 1 N–H and O–H groups in total. The molecule has 3 rings (SSSR count). The Morgan fingerprint density at radius 2 is 1.85 bits per heavy atom. The zero-order chi connectivity index (χ0) is 13.9. The molecule has 0 radical (unpaired) electrons. The largest absolute Gasteiger partial charge is 0.381 e. The van der Waals surface area contributed by atoms with Crippen molar-refractivity contribution in [1.82, 2.24) is 5.32 Å². The highest BCUT2D eigenvalue weighted by Crippen LogP contribution is 2.35. The second-order valence-electron chi connectivity index (χ2n) is 5.73. The van der Waals surface area contributed by atoms with E-state index in [9.17, 15) is 0 Å². The third kappa shape index (κ3) is 2.46. The number of fused-ring (bicyclic) bond motifs is 1. The van der Waals surface area contributed by atoms with Crippen LogP contribution in [0.15, 0.2) is 36.4 Å². The number of benzene rings is 2. The van der Waals surface area contributed by atoms with Gasteiger partial charge in [-0.1, -0.05) is 36.4 Å². The van der Waals surface area contributed by atoms with E-state index in [4.69, 9.17) is 4.74 Å². The van der Waals surface area contributed by atoms with Crippen LogP contribution in [0.2, 0.25) is 0 Å². The molecule has 106 valence electrons. The van der Waals surface area contributed by atoms with Gasteiger partial charge in [0.2, 0.25) is 0 Å². The molecule has 0 aromatic heterocycles. The van der Waals surface area contributed by atoms with Crippen LogP contribution in [-0.4, -0.2) is 20.3 Å². The van der Waals surface area contributed by atoms with Crippen molar-refractivity contribution < 1.29 is 4.74 Å². The van der Waals surface area contributed by atoms with Gasteiger partial charge in [-0.05, 0) is 54.6 Å². The summed E-state index contributed by atoms with van der Waals surface area (Å²) in [6.07, 6.45) is 2.29. The van der Waals surface area contributed by atoms with Gasteiger partial charge < -0.3 is 10.1 Å². The molecule has 0 saturated carbocycles. The molecule has 1 saturated heterocycles. The first-order chi connectivity index (χ1) is 9.81. The topological polar surface area (TPSA) is 21.3 Å². The summed E-state index contributed by atoms with van der Waals surface area (Å²) in [5.74, 6) is 0.665. The predicted molar refractivity (Wildman–Crippen MR) is 84.0 cm³/mol. The number of hydrogen-bond acceptors (Lipinski definition) is 2. The summed E-state index contributed by atoms with van der Waals surface area (Å²) in [7, 11) is 2.08. The van der Waals surface area contributed by atoms with Gasteiger partial charge in [0, 0.05) is 19.3 Å². The van der Waals surface area contributed by atoms with Crippen LogP contribution in [0.3, 0.4) is 0 Å². The highest BCUT2D eigenvalue weighted by atomic mass is 16.5. The molecular formula is C18H23NO. The van der Waals surface area contributed by atoms with Gasteiger partial charge in [-0.2, -0.15) is 0 Å². The number of nitrogens with one attached hydrogen (secondary N) is 1. The van der Waals surface area contributed by atoms with Gasteiger partial charge in [-0.3, -0.25) is 0 Å². The molecule has 1 heterocycles. The Labute approximate surface area is 121 Å². The monoisotopic (exact) mass is 269 g/mol. The maximum Gasteiger partial charge on any atom is 0.0469 e. The minimum atomic E-state index is 0.421. The Balaban J connectivity index is 2.08. The van der Waals surface area contributed by atoms with Gasteiger partial charge in [0.05, 0.1) is 0 Å². The molecule has 1 aliphatic rings. The molecule has 1 unspecified atom stereocenters. The van der Waals surface area contributed by atoms with E-state index in [0.717, 1.165) is 26.1 Å². The Hall–Kier alpha value is -1.38. The van der Waals surface area contributed by atoms with E-state index in [1.807, 2.05) is 0 Å². The highest BCUT2D eigenvalue weighted by Gasteiger charge is 2.26. The first-order valence-electron chi connectivity index (χ1n) is 7.54. The smallest absolute Gasteiger partial charge is 0.0469 e. The Morgan fingerprint density at radius 1 is 1.10 bits per heavy atom. The lowest BCUT2D eigenvalue weighted by molar-refractivity contribution is 0.0547. The van der Waals surface area contributed by atoms with Crippen molar-refractivity contribution in [3.8, 4) is 0 Å². The fraction of sp³-hybridized carbons (Fsp3) is 0.444. The number of ether oxygens (including phenoxy) is 1. The molecule has 0 aliphatic carbocycles. The molecule has 0 bridgehead atoms. The quantitative estimate of drug-likeness (QED) is 0.914. The van der Waals surface area contributed by atoms with Gasteiger partial charge in [-0.25, -0.2) is 0 Å². The molecular weight excluding hydrogens is 246 g/mol. The lowest BCUT2D eigenvalue weighted by Crippen LogP contribution is -2.30. The van der Waals surface area contributed by atoms with Crippen LogP contribution in [0.25, 0.3) is 10.8 Å².